The van der Waals surface area contributed by atoms with E-state index in [1.54, 1.807) is 0 Å². The van der Waals surface area contributed by atoms with Gasteiger partial charge in [-0.25, -0.2) is 0 Å². The van der Waals surface area contributed by atoms with Crippen LogP contribution in [0.4, 0.5) is 0 Å². The minimum Gasteiger partial charge on any atom is -0.309 e. The molecule has 3 nitrogen and oxygen atoms in total. The Kier molecular flexibility index (Phi) is 9.23. The number of rotatable bonds is 8. The number of para-hydroxylation sites is 5. The molecule has 70 heavy (non-hydrogen) atoms. The van der Waals surface area contributed by atoms with Gasteiger partial charge in [0.15, 0.2) is 8.07 Å². The summed E-state index contributed by atoms with van der Waals surface area (Å²) < 4.78 is 7.43. The summed E-state index contributed by atoms with van der Waals surface area (Å²) >= 11 is 0. The first-order chi connectivity index (χ1) is 34.8. The van der Waals surface area contributed by atoms with Crippen molar-refractivity contribution in [2.75, 3.05) is 0 Å². The Balaban J connectivity index is 1.01. The highest BCUT2D eigenvalue weighted by atomic mass is 28.3. The molecular weight excluding hydrogens is 863 g/mol. The third-order valence-corrected chi connectivity index (χ3v) is 19.5. The van der Waals surface area contributed by atoms with Gasteiger partial charge in [-0.3, -0.25) is 0 Å². The Morgan fingerprint density at radius 3 is 1.30 bits per heavy atom. The molecule has 0 saturated carbocycles. The molecule has 0 N–H and O–H groups in total. The highest BCUT2D eigenvalue weighted by molar-refractivity contribution is 7.19. The smallest absolute Gasteiger partial charge is 0.179 e. The fourth-order valence-corrected chi connectivity index (χ4v) is 16.7. The van der Waals surface area contributed by atoms with E-state index >= 15 is 0 Å². The van der Waals surface area contributed by atoms with E-state index in [0.717, 1.165) is 17.1 Å². The van der Waals surface area contributed by atoms with Crippen LogP contribution < -0.4 is 20.7 Å². The van der Waals surface area contributed by atoms with Crippen molar-refractivity contribution in [3.63, 3.8) is 0 Å². The van der Waals surface area contributed by atoms with Crippen molar-refractivity contribution in [1.29, 1.82) is 0 Å². The second-order valence-corrected chi connectivity index (χ2v) is 22.2. The van der Waals surface area contributed by atoms with E-state index in [-0.39, 0.29) is 0 Å². The number of benzene rings is 11. The SMILES string of the molecule is c1ccc(-n2c3ccccc3c3cccc(-c4cccc5c4c4ccccc4n5-c4ccc5c6ccccc6n(-c6cccc([Si](c7ccccc7)(c7ccccc7)c7ccccc7)c6)c5c4)c32)cc1. The number of nitrogens with zero attached hydrogens (tertiary/aromatic N) is 3. The normalized spacial score (nSPS) is 12.0. The molecule has 0 unspecified atom stereocenters. The van der Waals surface area contributed by atoms with Crippen molar-refractivity contribution in [3.05, 3.63) is 273 Å². The Bertz CT molecular complexity index is 4180. The van der Waals surface area contributed by atoms with E-state index in [4.69, 9.17) is 0 Å². The van der Waals surface area contributed by atoms with E-state index in [1.807, 2.05) is 0 Å². The van der Waals surface area contributed by atoms with Gasteiger partial charge >= 0.3 is 0 Å². The molecule has 14 rings (SSSR count). The average Bonchev–Trinajstić information content (AvgIpc) is 4.08. The van der Waals surface area contributed by atoms with E-state index in [1.165, 1.54) is 97.3 Å². The maximum Gasteiger partial charge on any atom is 0.179 e. The van der Waals surface area contributed by atoms with Crippen LogP contribution in [0.25, 0.3) is 93.6 Å². The summed E-state index contributed by atoms with van der Waals surface area (Å²) in [6.07, 6.45) is 0. The van der Waals surface area contributed by atoms with Crippen LogP contribution in [0.3, 0.4) is 0 Å². The maximum absolute atomic E-state index is 2.80. The van der Waals surface area contributed by atoms with Crippen LogP contribution >= 0.6 is 0 Å². The maximum atomic E-state index is 2.50. The summed E-state index contributed by atoms with van der Waals surface area (Å²) in [4.78, 5) is 0. The number of aromatic nitrogens is 3. The highest BCUT2D eigenvalue weighted by Gasteiger charge is 2.41. The summed E-state index contributed by atoms with van der Waals surface area (Å²) in [5.41, 5.74) is 13.0. The molecule has 3 aromatic heterocycles. The Hall–Kier alpha value is -8.96. The molecule has 0 atom stereocenters. The molecule has 0 amide bonds. The Morgan fingerprint density at radius 2 is 0.643 bits per heavy atom. The first-order valence-electron chi connectivity index (χ1n) is 24.2. The summed E-state index contributed by atoms with van der Waals surface area (Å²) in [6, 6.07) is 101. The van der Waals surface area contributed by atoms with Crippen molar-refractivity contribution in [1.82, 2.24) is 13.7 Å². The van der Waals surface area contributed by atoms with Gasteiger partial charge in [0.2, 0.25) is 0 Å². The van der Waals surface area contributed by atoms with Gasteiger partial charge in [-0.1, -0.05) is 212 Å². The third kappa shape index (κ3) is 5.94. The summed E-state index contributed by atoms with van der Waals surface area (Å²) in [6.45, 7) is 0. The lowest BCUT2D eigenvalue weighted by Gasteiger charge is -2.34. The van der Waals surface area contributed by atoms with Crippen molar-refractivity contribution in [2.24, 2.45) is 0 Å². The van der Waals surface area contributed by atoms with Gasteiger partial charge in [0.1, 0.15) is 0 Å². The molecule has 0 bridgehead atoms. The standard InChI is InChI=1S/C66H45N3Si/c1-5-22-46(23-6-1)69-61-39-17-14-33-54(61)57-36-20-37-58(66(57)69)56-35-21-41-63-65(56)59-34-15-18-40-62(59)67(63)48-42-43-55-53-32-13-16-38-60(53)68(64(55)45-48)47-24-19-31-52(44-47)70(49-25-7-2-8-26-49,50-27-9-3-10-28-50)51-29-11-4-12-30-51/h1-45H. The predicted octanol–water partition coefficient (Wildman–Crippen LogP) is 14.0. The van der Waals surface area contributed by atoms with Crippen molar-refractivity contribution in [2.45, 2.75) is 0 Å². The first kappa shape index (κ1) is 40.1. The van der Waals surface area contributed by atoms with E-state index in [2.05, 4.69) is 287 Å². The minimum atomic E-state index is -2.80. The van der Waals surface area contributed by atoms with Crippen LogP contribution in [-0.4, -0.2) is 21.8 Å². The fourth-order valence-electron chi connectivity index (χ4n) is 11.9. The van der Waals surface area contributed by atoms with E-state index in [9.17, 15) is 0 Å². The van der Waals surface area contributed by atoms with Gasteiger partial charge in [-0.15, -0.1) is 0 Å². The lowest BCUT2D eigenvalue weighted by molar-refractivity contribution is 1.16. The molecule has 14 aromatic rings. The van der Waals surface area contributed by atoms with Crippen LogP contribution in [-0.2, 0) is 0 Å². The monoisotopic (exact) mass is 907 g/mol. The van der Waals surface area contributed by atoms with Crippen molar-refractivity contribution >= 4 is 94.2 Å². The molecule has 0 aliphatic heterocycles. The predicted molar refractivity (Wildman–Crippen MR) is 299 cm³/mol. The second kappa shape index (κ2) is 16.1. The van der Waals surface area contributed by atoms with Gasteiger partial charge < -0.3 is 13.7 Å². The molecule has 3 heterocycles. The molecule has 11 aromatic carbocycles. The van der Waals surface area contributed by atoms with Gasteiger partial charge in [-0.05, 0) is 87.0 Å². The topological polar surface area (TPSA) is 14.8 Å². The molecule has 0 aliphatic carbocycles. The molecule has 328 valence electrons. The zero-order chi connectivity index (χ0) is 46.2. The zero-order valence-electron chi connectivity index (χ0n) is 38.3. The van der Waals surface area contributed by atoms with E-state index in [0.29, 0.717) is 0 Å². The minimum absolute atomic E-state index is 1.12. The van der Waals surface area contributed by atoms with Crippen LogP contribution in [0, 0.1) is 0 Å². The van der Waals surface area contributed by atoms with Crippen LogP contribution in [0.1, 0.15) is 0 Å². The summed E-state index contributed by atoms with van der Waals surface area (Å²) in [5.74, 6) is 0. The Morgan fingerprint density at radius 1 is 0.229 bits per heavy atom. The highest BCUT2D eigenvalue weighted by Crippen LogP contribution is 2.44. The van der Waals surface area contributed by atoms with Crippen LogP contribution in [0.15, 0.2) is 273 Å². The molecule has 0 spiro atoms. The van der Waals surface area contributed by atoms with Crippen LogP contribution in [0.5, 0.6) is 0 Å². The molecule has 0 aliphatic rings. The van der Waals surface area contributed by atoms with E-state index < -0.39 is 8.07 Å². The average molecular weight is 908 g/mol. The van der Waals surface area contributed by atoms with Crippen molar-refractivity contribution < 1.29 is 0 Å². The third-order valence-electron chi connectivity index (χ3n) is 14.8. The first-order valence-corrected chi connectivity index (χ1v) is 26.2. The fraction of sp³-hybridized carbons (Fsp3) is 0. The molecule has 0 saturated heterocycles. The largest absolute Gasteiger partial charge is 0.309 e. The Labute approximate surface area is 407 Å². The quantitative estimate of drug-likeness (QED) is 0.107. The molecule has 0 fully saturated rings. The lowest BCUT2D eigenvalue weighted by atomic mass is 9.97. The molecule has 4 heteroatoms. The lowest BCUT2D eigenvalue weighted by Crippen LogP contribution is -2.74. The van der Waals surface area contributed by atoms with Crippen LogP contribution in [0.2, 0.25) is 0 Å². The van der Waals surface area contributed by atoms with Crippen molar-refractivity contribution in [3.8, 4) is 28.2 Å². The van der Waals surface area contributed by atoms with Gasteiger partial charge in [-0.2, -0.15) is 0 Å². The number of fused-ring (bicyclic) bond motifs is 9. The van der Waals surface area contributed by atoms with Gasteiger partial charge in [0.05, 0.1) is 33.1 Å². The molecular formula is C66H45N3Si. The number of hydrogen-bond acceptors (Lipinski definition) is 0. The molecule has 0 radical (unpaired) electrons. The van der Waals surface area contributed by atoms with Gasteiger partial charge in [0, 0.05) is 54.9 Å². The summed E-state index contributed by atoms with van der Waals surface area (Å²) in [7, 11) is -2.80. The zero-order valence-corrected chi connectivity index (χ0v) is 39.3. The van der Waals surface area contributed by atoms with Gasteiger partial charge in [0.25, 0.3) is 0 Å². The second-order valence-electron chi connectivity index (χ2n) is 18.4. The summed E-state index contributed by atoms with van der Waals surface area (Å²) in [5, 5.41) is 12.8. The number of hydrogen-bond donors (Lipinski definition) is 0.